The van der Waals surface area contributed by atoms with Gasteiger partial charge in [-0.25, -0.2) is 9.97 Å². The number of halogens is 2. The van der Waals surface area contributed by atoms with Gasteiger partial charge in [-0.3, -0.25) is 19.6 Å². The maximum absolute atomic E-state index is 13.5. The number of methoxy groups -OCH3 is 2. The minimum atomic E-state index is -0.430. The number of β-amino-alcohol motifs (C(OH)–C–C–N with tert-alkyl or cyclic N) is 1. The number of ether oxygens (including phenoxy) is 2. The van der Waals surface area contributed by atoms with Crippen molar-refractivity contribution in [3.63, 3.8) is 0 Å². The van der Waals surface area contributed by atoms with Crippen molar-refractivity contribution in [1.82, 2.24) is 24.8 Å². The number of carbonyl (C=O) groups excluding carboxylic acids is 1. The van der Waals surface area contributed by atoms with Gasteiger partial charge in [-0.1, -0.05) is 53.5 Å². The lowest BCUT2D eigenvalue weighted by atomic mass is 9.62. The van der Waals surface area contributed by atoms with Gasteiger partial charge in [0.1, 0.15) is 17.1 Å². The van der Waals surface area contributed by atoms with Crippen molar-refractivity contribution in [1.29, 1.82) is 0 Å². The van der Waals surface area contributed by atoms with E-state index in [1.807, 2.05) is 24.3 Å². The van der Waals surface area contributed by atoms with E-state index in [1.165, 1.54) is 0 Å². The van der Waals surface area contributed by atoms with Crippen LogP contribution in [0.25, 0.3) is 22.4 Å². The molecule has 2 aromatic carbocycles. The number of pyridine rings is 1. The number of aliphatic hydroxyl groups is 2. The van der Waals surface area contributed by atoms with E-state index >= 15 is 0 Å². The zero-order chi connectivity index (χ0) is 34.3. The Morgan fingerprint density at radius 3 is 2.47 bits per heavy atom. The average Bonchev–Trinajstić information content (AvgIpc) is 3.07. The molecule has 0 radical (unpaired) electrons. The molecule has 4 aromatic rings. The second kappa shape index (κ2) is 13.8. The highest BCUT2D eigenvalue weighted by Gasteiger charge is 2.51. The van der Waals surface area contributed by atoms with Gasteiger partial charge >= 0.3 is 0 Å². The zero-order valence-corrected chi connectivity index (χ0v) is 28.9. The highest BCUT2D eigenvalue weighted by atomic mass is 35.5. The summed E-state index contributed by atoms with van der Waals surface area (Å²) in [5, 5.41) is 22.8. The Bertz CT molecular complexity index is 1890. The fraction of sp³-hybridized carbons (Fsp3) is 0.389. The zero-order valence-electron chi connectivity index (χ0n) is 27.4. The SMILES string of the molecule is COc1cc(C(=O)Nc2cccc(-c3cccc(-c4cnc(CN5CC6(CC(O)C6)C5)c(OC)n4)c3Cl)c2Cl)nc2c1CCN(CCO)C2. The maximum atomic E-state index is 13.5. The molecule has 3 N–H and O–H groups in total. The highest BCUT2D eigenvalue weighted by Crippen LogP contribution is 2.49. The molecule has 11 nitrogen and oxygen atoms in total. The van der Waals surface area contributed by atoms with E-state index in [2.05, 4.69) is 20.1 Å². The molecule has 1 spiro atoms. The summed E-state index contributed by atoms with van der Waals surface area (Å²) < 4.78 is 11.3. The van der Waals surface area contributed by atoms with Crippen LogP contribution in [0, 0.1) is 5.41 Å². The Labute approximate surface area is 294 Å². The third kappa shape index (κ3) is 6.59. The normalized spacial score (nSPS) is 17.3. The number of anilines is 1. The van der Waals surface area contributed by atoms with Crippen LogP contribution in [0.1, 0.15) is 40.3 Å². The molecule has 256 valence electrons. The fourth-order valence-electron chi connectivity index (χ4n) is 7.37. The van der Waals surface area contributed by atoms with E-state index in [0.717, 1.165) is 55.8 Å². The Balaban J connectivity index is 1.11. The lowest BCUT2D eigenvalue weighted by Crippen LogP contribution is -2.63. The van der Waals surface area contributed by atoms with Crippen molar-refractivity contribution in [2.24, 2.45) is 5.41 Å². The standard InChI is InChI=1S/C36H38Cl2N6O5/c1-48-31-13-27(40-29-17-43(11-12-45)10-9-24(29)31)34(47)41-26-8-4-6-23(33(26)38)22-5-3-7-25(32(22)37)28-16-39-30(35(42-28)49-2)18-44-19-36(20-44)14-21(46)15-36/h3-8,13,16,21,45-46H,9-12,14-15,17-20H2,1-2H3,(H,41,47). The lowest BCUT2D eigenvalue weighted by molar-refractivity contribution is -0.131. The second-order valence-electron chi connectivity index (χ2n) is 13.1. The molecule has 2 fully saturated rings. The van der Waals surface area contributed by atoms with Crippen molar-refractivity contribution >= 4 is 34.8 Å². The summed E-state index contributed by atoms with van der Waals surface area (Å²) in [5.41, 5.74) is 5.84. The van der Waals surface area contributed by atoms with Crippen LogP contribution < -0.4 is 14.8 Å². The first-order chi connectivity index (χ1) is 23.7. The number of hydrogen-bond acceptors (Lipinski definition) is 10. The van der Waals surface area contributed by atoms with E-state index in [4.69, 9.17) is 42.6 Å². The van der Waals surface area contributed by atoms with Crippen LogP contribution in [0.2, 0.25) is 10.0 Å². The van der Waals surface area contributed by atoms with E-state index in [1.54, 1.807) is 38.6 Å². The van der Waals surface area contributed by atoms with Gasteiger partial charge in [0.05, 0.1) is 60.2 Å². The quantitative estimate of drug-likeness (QED) is 0.205. The maximum Gasteiger partial charge on any atom is 0.274 e. The van der Waals surface area contributed by atoms with Crippen LogP contribution in [0.5, 0.6) is 11.6 Å². The van der Waals surface area contributed by atoms with Gasteiger partial charge in [-0.05, 0) is 25.3 Å². The molecule has 0 atom stereocenters. The van der Waals surface area contributed by atoms with Crippen LogP contribution in [-0.4, -0.2) is 94.0 Å². The molecular weight excluding hydrogens is 667 g/mol. The Kier molecular flexibility index (Phi) is 9.49. The number of amides is 1. The van der Waals surface area contributed by atoms with Crippen molar-refractivity contribution in [3.05, 3.63) is 81.4 Å². The molecule has 1 amide bonds. The highest BCUT2D eigenvalue weighted by molar-refractivity contribution is 6.39. The number of rotatable bonds is 10. The number of likely N-dealkylation sites (tertiary alicyclic amines) is 1. The first-order valence-electron chi connectivity index (χ1n) is 16.3. The third-order valence-corrected chi connectivity index (χ3v) is 10.5. The molecule has 0 unspecified atom stereocenters. The minimum absolute atomic E-state index is 0.0508. The van der Waals surface area contributed by atoms with Crippen molar-refractivity contribution < 1.29 is 24.5 Å². The lowest BCUT2D eigenvalue weighted by Gasteiger charge is -2.57. The van der Waals surface area contributed by atoms with Crippen molar-refractivity contribution in [2.45, 2.75) is 38.5 Å². The molecule has 0 bridgehead atoms. The van der Waals surface area contributed by atoms with Crippen LogP contribution in [0.3, 0.4) is 0 Å². The van der Waals surface area contributed by atoms with Gasteiger partial charge in [0.2, 0.25) is 5.88 Å². The first-order valence-corrected chi connectivity index (χ1v) is 17.1. The number of aliphatic hydroxyl groups excluding tert-OH is 2. The van der Waals surface area contributed by atoms with E-state index in [-0.39, 0.29) is 23.8 Å². The molecule has 49 heavy (non-hydrogen) atoms. The predicted molar refractivity (Wildman–Crippen MR) is 187 cm³/mol. The topological polar surface area (TPSA) is 133 Å². The largest absolute Gasteiger partial charge is 0.496 e. The van der Waals surface area contributed by atoms with Crippen molar-refractivity contribution in [2.75, 3.05) is 52.3 Å². The molecule has 1 aliphatic carbocycles. The van der Waals surface area contributed by atoms with E-state index < -0.39 is 5.91 Å². The van der Waals surface area contributed by atoms with Crippen LogP contribution in [0.15, 0.2) is 48.7 Å². The smallest absolute Gasteiger partial charge is 0.274 e. The Morgan fingerprint density at radius 2 is 1.76 bits per heavy atom. The molecular formula is C36H38Cl2N6O5. The number of carbonyl (C=O) groups is 1. The summed E-state index contributed by atoms with van der Waals surface area (Å²) in [5.74, 6) is 0.614. The summed E-state index contributed by atoms with van der Waals surface area (Å²) in [4.78, 5) is 32.0. The van der Waals surface area contributed by atoms with Gasteiger partial charge in [-0.2, -0.15) is 0 Å². The van der Waals surface area contributed by atoms with Gasteiger partial charge < -0.3 is 25.0 Å². The Morgan fingerprint density at radius 1 is 1.02 bits per heavy atom. The van der Waals surface area contributed by atoms with Gasteiger partial charge in [0.25, 0.3) is 5.91 Å². The van der Waals surface area contributed by atoms with Crippen molar-refractivity contribution in [3.8, 4) is 34.0 Å². The minimum Gasteiger partial charge on any atom is -0.496 e. The van der Waals surface area contributed by atoms with Gasteiger partial charge in [0.15, 0.2) is 0 Å². The number of nitrogens with zero attached hydrogens (tertiary/aromatic N) is 5. The molecule has 2 aliphatic heterocycles. The van der Waals surface area contributed by atoms with E-state index in [0.29, 0.717) is 69.4 Å². The summed E-state index contributed by atoms with van der Waals surface area (Å²) in [6.45, 7) is 4.37. The van der Waals surface area contributed by atoms with Crippen LogP contribution >= 0.6 is 23.2 Å². The molecule has 7 rings (SSSR count). The number of benzene rings is 2. The second-order valence-corrected chi connectivity index (χ2v) is 13.8. The summed E-state index contributed by atoms with van der Waals surface area (Å²) in [7, 11) is 3.16. The molecule has 13 heteroatoms. The van der Waals surface area contributed by atoms with E-state index in [9.17, 15) is 15.0 Å². The molecule has 4 heterocycles. The number of fused-ring (bicyclic) bond motifs is 1. The van der Waals surface area contributed by atoms with Gasteiger partial charge in [0, 0.05) is 73.0 Å². The molecule has 2 aromatic heterocycles. The predicted octanol–water partition coefficient (Wildman–Crippen LogP) is 5.09. The summed E-state index contributed by atoms with van der Waals surface area (Å²) >= 11 is 14.0. The monoisotopic (exact) mass is 704 g/mol. The summed E-state index contributed by atoms with van der Waals surface area (Å²) in [6.07, 6.45) is 3.99. The Hall–Kier alpha value is -3.84. The molecule has 3 aliphatic rings. The summed E-state index contributed by atoms with van der Waals surface area (Å²) in [6, 6.07) is 12.6. The van der Waals surface area contributed by atoms with Crippen LogP contribution in [-0.2, 0) is 19.5 Å². The fourth-order valence-corrected chi connectivity index (χ4v) is 7.97. The number of nitrogens with one attached hydrogen (secondary N) is 1. The average molecular weight is 706 g/mol. The third-order valence-electron chi connectivity index (χ3n) is 9.73. The first kappa shape index (κ1) is 33.6. The molecule has 1 saturated heterocycles. The molecule has 1 saturated carbocycles. The number of hydrogen-bond donors (Lipinski definition) is 3. The van der Waals surface area contributed by atoms with Gasteiger partial charge in [-0.15, -0.1) is 0 Å². The van der Waals surface area contributed by atoms with Crippen LogP contribution in [0.4, 0.5) is 5.69 Å². The number of aromatic nitrogens is 3.